The van der Waals surface area contributed by atoms with Crippen molar-refractivity contribution in [2.75, 3.05) is 24.7 Å². The largest absolute Gasteiger partial charge is 0.379 e. The molecular formula is C14H22N2O3S. The fourth-order valence-corrected chi connectivity index (χ4v) is 2.99. The summed E-state index contributed by atoms with van der Waals surface area (Å²) in [6.07, 6.45) is 1.85. The van der Waals surface area contributed by atoms with E-state index in [0.29, 0.717) is 19.0 Å². The van der Waals surface area contributed by atoms with Gasteiger partial charge in [-0.2, -0.15) is 11.8 Å². The van der Waals surface area contributed by atoms with E-state index >= 15 is 0 Å². The quantitative estimate of drug-likeness (QED) is 0.778. The summed E-state index contributed by atoms with van der Waals surface area (Å²) < 4.78 is 10.7. The van der Waals surface area contributed by atoms with Gasteiger partial charge in [-0.15, -0.1) is 0 Å². The zero-order valence-electron chi connectivity index (χ0n) is 12.1. The van der Waals surface area contributed by atoms with Crippen LogP contribution in [0.25, 0.3) is 0 Å². The summed E-state index contributed by atoms with van der Waals surface area (Å²) in [4.78, 5) is 11.9. The van der Waals surface area contributed by atoms with Crippen LogP contribution < -0.4 is 5.32 Å². The van der Waals surface area contributed by atoms with Crippen molar-refractivity contribution in [1.82, 2.24) is 10.5 Å². The Bertz CT molecular complexity index is 436. The molecule has 2 heterocycles. The first kappa shape index (κ1) is 15.4. The highest BCUT2D eigenvalue weighted by Crippen LogP contribution is 2.20. The average molecular weight is 298 g/mol. The Morgan fingerprint density at radius 1 is 1.55 bits per heavy atom. The van der Waals surface area contributed by atoms with Crippen LogP contribution in [-0.2, 0) is 16.0 Å². The monoisotopic (exact) mass is 298 g/mol. The number of carbonyl (C=O) groups excluding carboxylic acids is 1. The molecule has 5 nitrogen and oxygen atoms in total. The smallest absolute Gasteiger partial charge is 0.230 e. The minimum atomic E-state index is 0.0788. The Morgan fingerprint density at radius 3 is 3.10 bits per heavy atom. The summed E-state index contributed by atoms with van der Waals surface area (Å²) in [6, 6.07) is 2.02. The number of amides is 1. The summed E-state index contributed by atoms with van der Waals surface area (Å²) in [5, 5.41) is 6.96. The zero-order chi connectivity index (χ0) is 14.4. The van der Waals surface area contributed by atoms with Gasteiger partial charge in [-0.05, 0) is 19.1 Å². The molecular weight excluding hydrogens is 276 g/mol. The summed E-state index contributed by atoms with van der Waals surface area (Å²) in [5.41, 5.74) is 0.885. The molecule has 20 heavy (non-hydrogen) atoms. The van der Waals surface area contributed by atoms with E-state index in [1.54, 1.807) is 11.8 Å². The Labute approximate surface area is 123 Å². The minimum Gasteiger partial charge on any atom is -0.379 e. The molecule has 2 rings (SSSR count). The molecule has 0 spiro atoms. The standard InChI is InChI=1S/C14H22N2O3S/c1-3-4-20-9-14(17)15-13-8-18-7-11(13)6-12-5-10(2)16-19-12/h5,11,13H,3-4,6-9H2,1-2H3,(H,15,17)/t11-,13+/m1/s1. The molecule has 2 atom stereocenters. The summed E-state index contributed by atoms with van der Waals surface area (Å²) in [7, 11) is 0. The number of nitrogens with one attached hydrogen (secondary N) is 1. The van der Waals surface area contributed by atoms with Crippen LogP contribution in [0.3, 0.4) is 0 Å². The number of ether oxygens (including phenoxy) is 1. The number of hydrogen-bond acceptors (Lipinski definition) is 5. The maximum absolute atomic E-state index is 11.9. The molecule has 1 amide bonds. The predicted molar refractivity (Wildman–Crippen MR) is 78.8 cm³/mol. The molecule has 1 N–H and O–H groups in total. The Morgan fingerprint density at radius 2 is 2.40 bits per heavy atom. The van der Waals surface area contributed by atoms with Crippen molar-refractivity contribution in [3.05, 3.63) is 17.5 Å². The van der Waals surface area contributed by atoms with Crippen LogP contribution in [0.2, 0.25) is 0 Å². The molecule has 6 heteroatoms. The van der Waals surface area contributed by atoms with Crippen LogP contribution in [-0.4, -0.2) is 41.8 Å². The predicted octanol–water partition coefficient (Wildman–Crippen LogP) is 1.80. The van der Waals surface area contributed by atoms with Gasteiger partial charge in [0.25, 0.3) is 0 Å². The van der Waals surface area contributed by atoms with E-state index in [1.807, 2.05) is 13.0 Å². The van der Waals surface area contributed by atoms with Crippen molar-refractivity contribution in [1.29, 1.82) is 0 Å². The van der Waals surface area contributed by atoms with Gasteiger partial charge in [0.2, 0.25) is 5.91 Å². The van der Waals surface area contributed by atoms with Crippen LogP contribution in [0, 0.1) is 12.8 Å². The van der Waals surface area contributed by atoms with Gasteiger partial charge < -0.3 is 14.6 Å². The fraction of sp³-hybridized carbons (Fsp3) is 0.714. The first-order valence-electron chi connectivity index (χ1n) is 7.06. The second kappa shape index (κ2) is 7.69. The van der Waals surface area contributed by atoms with E-state index in [0.717, 1.165) is 30.0 Å². The summed E-state index contributed by atoms with van der Waals surface area (Å²) >= 11 is 1.67. The molecule has 1 aliphatic heterocycles. The van der Waals surface area contributed by atoms with E-state index in [2.05, 4.69) is 17.4 Å². The highest BCUT2D eigenvalue weighted by molar-refractivity contribution is 7.99. The van der Waals surface area contributed by atoms with E-state index < -0.39 is 0 Å². The molecule has 1 aromatic heterocycles. The second-order valence-corrected chi connectivity index (χ2v) is 6.27. The number of hydrogen-bond donors (Lipinski definition) is 1. The zero-order valence-corrected chi connectivity index (χ0v) is 12.9. The van der Waals surface area contributed by atoms with Crippen LogP contribution >= 0.6 is 11.8 Å². The summed E-state index contributed by atoms with van der Waals surface area (Å²) in [6.45, 7) is 5.27. The molecule has 0 radical (unpaired) electrons. The molecule has 1 aromatic rings. The molecule has 0 bridgehead atoms. The van der Waals surface area contributed by atoms with Crippen LogP contribution in [0.4, 0.5) is 0 Å². The number of carbonyl (C=O) groups is 1. The Balaban J connectivity index is 1.79. The second-order valence-electron chi connectivity index (χ2n) is 5.16. The normalized spacial score (nSPS) is 22.1. The highest BCUT2D eigenvalue weighted by Gasteiger charge is 2.30. The Hall–Kier alpha value is -1.01. The van der Waals surface area contributed by atoms with Crippen molar-refractivity contribution in [3.63, 3.8) is 0 Å². The number of thioether (sulfide) groups is 1. The highest BCUT2D eigenvalue weighted by atomic mass is 32.2. The topological polar surface area (TPSA) is 64.4 Å². The van der Waals surface area contributed by atoms with Crippen molar-refractivity contribution >= 4 is 17.7 Å². The van der Waals surface area contributed by atoms with Crippen molar-refractivity contribution in [2.45, 2.75) is 32.7 Å². The molecule has 112 valence electrons. The van der Waals surface area contributed by atoms with Gasteiger partial charge in [0, 0.05) is 18.4 Å². The van der Waals surface area contributed by atoms with Gasteiger partial charge >= 0.3 is 0 Å². The number of rotatable bonds is 7. The van der Waals surface area contributed by atoms with Crippen molar-refractivity contribution in [3.8, 4) is 0 Å². The fourth-order valence-electron chi connectivity index (χ4n) is 2.29. The third-order valence-electron chi connectivity index (χ3n) is 3.27. The van der Waals surface area contributed by atoms with Gasteiger partial charge in [-0.3, -0.25) is 4.79 Å². The van der Waals surface area contributed by atoms with E-state index in [1.165, 1.54) is 0 Å². The number of aryl methyl sites for hydroxylation is 1. The van der Waals surface area contributed by atoms with Gasteiger partial charge in [0.05, 0.1) is 30.7 Å². The van der Waals surface area contributed by atoms with Crippen molar-refractivity contribution in [2.24, 2.45) is 5.92 Å². The molecule has 1 fully saturated rings. The Kier molecular flexibility index (Phi) is 5.91. The van der Waals surface area contributed by atoms with Gasteiger partial charge in [-0.1, -0.05) is 12.1 Å². The van der Waals surface area contributed by atoms with E-state index in [9.17, 15) is 4.79 Å². The van der Waals surface area contributed by atoms with Crippen LogP contribution in [0.15, 0.2) is 10.6 Å². The lowest BCUT2D eigenvalue weighted by Crippen LogP contribution is -2.41. The third kappa shape index (κ3) is 4.52. The molecule has 0 unspecified atom stereocenters. The molecule has 0 aliphatic carbocycles. The van der Waals surface area contributed by atoms with Crippen LogP contribution in [0.5, 0.6) is 0 Å². The molecule has 0 aromatic carbocycles. The molecule has 0 saturated carbocycles. The van der Waals surface area contributed by atoms with E-state index in [-0.39, 0.29) is 17.9 Å². The third-order valence-corrected chi connectivity index (χ3v) is 4.43. The lowest BCUT2D eigenvalue weighted by Gasteiger charge is -2.17. The van der Waals surface area contributed by atoms with Gasteiger partial charge in [0.15, 0.2) is 0 Å². The molecule has 1 aliphatic rings. The lowest BCUT2D eigenvalue weighted by atomic mass is 9.98. The average Bonchev–Trinajstić information content (AvgIpc) is 3.00. The minimum absolute atomic E-state index is 0.0788. The number of nitrogens with zero attached hydrogens (tertiary/aromatic N) is 1. The maximum Gasteiger partial charge on any atom is 0.230 e. The van der Waals surface area contributed by atoms with Gasteiger partial charge in [-0.25, -0.2) is 0 Å². The first-order chi connectivity index (χ1) is 9.69. The maximum atomic E-state index is 11.9. The van der Waals surface area contributed by atoms with Crippen LogP contribution in [0.1, 0.15) is 24.8 Å². The van der Waals surface area contributed by atoms with E-state index in [4.69, 9.17) is 9.26 Å². The van der Waals surface area contributed by atoms with Gasteiger partial charge in [0.1, 0.15) is 5.76 Å². The first-order valence-corrected chi connectivity index (χ1v) is 8.21. The SMILES string of the molecule is CCCSCC(=O)N[C@H]1COC[C@H]1Cc1cc(C)no1. The summed E-state index contributed by atoms with van der Waals surface area (Å²) in [5.74, 6) is 2.77. The molecule has 1 saturated heterocycles. The lowest BCUT2D eigenvalue weighted by molar-refractivity contribution is -0.119. The number of aromatic nitrogens is 1. The van der Waals surface area contributed by atoms with Crippen molar-refractivity contribution < 1.29 is 14.1 Å².